The lowest BCUT2D eigenvalue weighted by atomic mass is 10.3. The SMILES string of the molecule is CC(=O)N(C)C(F)(F)CC(F)Br. The second-order valence-electron chi connectivity index (χ2n) is 2.34. The molecule has 12 heavy (non-hydrogen) atoms. The van der Waals surface area contributed by atoms with Crippen molar-refractivity contribution in [1.29, 1.82) is 0 Å². The zero-order valence-corrected chi connectivity index (χ0v) is 8.24. The Morgan fingerprint density at radius 1 is 1.67 bits per heavy atom. The summed E-state index contributed by atoms with van der Waals surface area (Å²) in [6, 6.07) is -3.44. The number of amides is 1. The average molecular weight is 248 g/mol. The number of alkyl halides is 4. The summed E-state index contributed by atoms with van der Waals surface area (Å²) >= 11 is 2.34. The minimum Gasteiger partial charge on any atom is -0.287 e. The van der Waals surface area contributed by atoms with Gasteiger partial charge in [0.1, 0.15) is 0 Å². The first-order valence-corrected chi connectivity index (χ1v) is 4.09. The van der Waals surface area contributed by atoms with Gasteiger partial charge >= 0.3 is 6.05 Å². The molecule has 1 atom stereocenters. The van der Waals surface area contributed by atoms with Gasteiger partial charge < -0.3 is 0 Å². The monoisotopic (exact) mass is 247 g/mol. The number of nitrogens with zero attached hydrogens (tertiary/aromatic N) is 1. The lowest BCUT2D eigenvalue weighted by Crippen LogP contribution is -2.42. The average Bonchev–Trinajstić information content (AvgIpc) is 1.82. The molecule has 0 spiro atoms. The molecule has 0 N–H and O–H groups in total. The highest BCUT2D eigenvalue weighted by Gasteiger charge is 2.38. The van der Waals surface area contributed by atoms with Crippen molar-refractivity contribution < 1.29 is 18.0 Å². The summed E-state index contributed by atoms with van der Waals surface area (Å²) < 4.78 is 37.6. The van der Waals surface area contributed by atoms with Gasteiger partial charge in [-0.15, -0.1) is 0 Å². The first-order valence-electron chi connectivity index (χ1n) is 3.17. The summed E-state index contributed by atoms with van der Waals surface area (Å²) in [5.41, 5.74) is 0. The molecule has 0 bridgehead atoms. The highest BCUT2D eigenvalue weighted by molar-refractivity contribution is 9.09. The number of halogens is 4. The van der Waals surface area contributed by atoms with E-state index in [0.717, 1.165) is 14.0 Å². The van der Waals surface area contributed by atoms with Gasteiger partial charge in [-0.1, -0.05) is 15.9 Å². The Hall–Kier alpha value is -0.260. The van der Waals surface area contributed by atoms with Gasteiger partial charge in [0.05, 0.1) is 6.42 Å². The van der Waals surface area contributed by atoms with Crippen molar-refractivity contribution in [2.75, 3.05) is 7.05 Å². The van der Waals surface area contributed by atoms with Gasteiger partial charge in [-0.3, -0.25) is 9.69 Å². The quantitative estimate of drug-likeness (QED) is 0.553. The molecule has 1 unspecified atom stereocenters. The third-order valence-corrected chi connectivity index (χ3v) is 1.69. The fraction of sp³-hybridized carbons (Fsp3) is 0.833. The minimum atomic E-state index is -3.44. The van der Waals surface area contributed by atoms with E-state index in [0.29, 0.717) is 0 Å². The smallest absolute Gasteiger partial charge is 0.287 e. The highest BCUT2D eigenvalue weighted by atomic mass is 79.9. The summed E-state index contributed by atoms with van der Waals surface area (Å²) in [4.78, 5) is 10.7. The van der Waals surface area contributed by atoms with Gasteiger partial charge in [-0.05, 0) is 0 Å². The molecule has 0 saturated carbocycles. The predicted molar refractivity (Wildman–Crippen MR) is 41.8 cm³/mol. The number of carbonyl (C=O) groups excluding carboxylic acids is 1. The van der Waals surface area contributed by atoms with Crippen molar-refractivity contribution in [3.05, 3.63) is 0 Å². The van der Waals surface area contributed by atoms with E-state index in [1.165, 1.54) is 0 Å². The largest absolute Gasteiger partial charge is 0.331 e. The van der Waals surface area contributed by atoms with E-state index in [9.17, 15) is 18.0 Å². The highest BCUT2D eigenvalue weighted by Crippen LogP contribution is 2.27. The maximum Gasteiger partial charge on any atom is 0.331 e. The third-order valence-electron chi connectivity index (χ3n) is 1.36. The maximum atomic E-state index is 12.8. The summed E-state index contributed by atoms with van der Waals surface area (Å²) in [5, 5.41) is -1.81. The van der Waals surface area contributed by atoms with Crippen LogP contribution in [0.5, 0.6) is 0 Å². The van der Waals surface area contributed by atoms with Gasteiger partial charge in [0, 0.05) is 14.0 Å². The molecule has 0 saturated heterocycles. The molecule has 0 aliphatic carbocycles. The van der Waals surface area contributed by atoms with Gasteiger partial charge in [0.15, 0.2) is 5.08 Å². The lowest BCUT2D eigenvalue weighted by Gasteiger charge is -2.26. The van der Waals surface area contributed by atoms with Gasteiger partial charge in [0.25, 0.3) is 0 Å². The molecular weight excluding hydrogens is 239 g/mol. The zero-order chi connectivity index (χ0) is 9.94. The Morgan fingerprint density at radius 2 is 2.08 bits per heavy atom. The van der Waals surface area contributed by atoms with E-state index >= 15 is 0 Å². The molecule has 0 fully saturated rings. The molecule has 6 heteroatoms. The predicted octanol–water partition coefficient (Wildman–Crippen LogP) is 2.14. The number of hydrogen-bond acceptors (Lipinski definition) is 1. The van der Waals surface area contributed by atoms with Crippen molar-refractivity contribution in [2.45, 2.75) is 24.5 Å². The van der Waals surface area contributed by atoms with Crippen LogP contribution in [0.4, 0.5) is 13.2 Å². The van der Waals surface area contributed by atoms with Crippen LogP contribution in [0.15, 0.2) is 0 Å². The Bertz CT molecular complexity index is 174. The van der Waals surface area contributed by atoms with E-state index in [1.807, 2.05) is 0 Å². The molecule has 0 aromatic rings. The van der Waals surface area contributed by atoms with E-state index in [2.05, 4.69) is 15.9 Å². The number of carbonyl (C=O) groups is 1. The molecule has 0 aromatic heterocycles. The van der Waals surface area contributed by atoms with E-state index in [1.54, 1.807) is 0 Å². The van der Waals surface area contributed by atoms with E-state index < -0.39 is 23.5 Å². The van der Waals surface area contributed by atoms with Crippen LogP contribution in [0.3, 0.4) is 0 Å². The fourth-order valence-electron chi connectivity index (χ4n) is 0.553. The van der Waals surface area contributed by atoms with Crippen LogP contribution in [0.25, 0.3) is 0 Å². The van der Waals surface area contributed by atoms with Crippen LogP contribution in [0.1, 0.15) is 13.3 Å². The maximum absolute atomic E-state index is 12.8. The first kappa shape index (κ1) is 11.7. The van der Waals surface area contributed by atoms with Crippen LogP contribution in [0, 0.1) is 0 Å². The molecule has 0 rings (SSSR count). The van der Waals surface area contributed by atoms with Crippen LogP contribution < -0.4 is 0 Å². The molecule has 0 radical (unpaired) electrons. The van der Waals surface area contributed by atoms with Crippen molar-refractivity contribution in [3.63, 3.8) is 0 Å². The minimum absolute atomic E-state index is 0.209. The molecule has 0 heterocycles. The molecule has 0 aliphatic rings. The lowest BCUT2D eigenvalue weighted by molar-refractivity contribution is -0.170. The summed E-state index contributed by atoms with van der Waals surface area (Å²) in [6.45, 7) is 0.995. The molecule has 72 valence electrons. The summed E-state index contributed by atoms with van der Waals surface area (Å²) in [7, 11) is 0.928. The Kier molecular flexibility index (Phi) is 4.02. The van der Waals surface area contributed by atoms with Crippen molar-refractivity contribution in [1.82, 2.24) is 4.90 Å². The standard InChI is InChI=1S/C6H9BrF3NO/c1-4(12)11(2)6(9,10)3-5(7)8/h5H,3H2,1-2H3. The van der Waals surface area contributed by atoms with Crippen LogP contribution in [0.2, 0.25) is 0 Å². The Morgan fingerprint density at radius 3 is 2.33 bits per heavy atom. The van der Waals surface area contributed by atoms with Crippen molar-refractivity contribution in [2.24, 2.45) is 0 Å². The van der Waals surface area contributed by atoms with Gasteiger partial charge in [-0.2, -0.15) is 8.78 Å². The van der Waals surface area contributed by atoms with Crippen molar-refractivity contribution in [3.8, 4) is 0 Å². The van der Waals surface area contributed by atoms with Crippen LogP contribution >= 0.6 is 15.9 Å². The van der Waals surface area contributed by atoms with Gasteiger partial charge in [-0.25, -0.2) is 4.39 Å². The van der Waals surface area contributed by atoms with Crippen LogP contribution in [-0.4, -0.2) is 29.0 Å². The topological polar surface area (TPSA) is 20.3 Å². The third kappa shape index (κ3) is 3.42. The van der Waals surface area contributed by atoms with Gasteiger partial charge in [0.2, 0.25) is 5.91 Å². The number of hydrogen-bond donors (Lipinski definition) is 0. The Labute approximate surface area is 76.8 Å². The molecule has 0 aromatic carbocycles. The second kappa shape index (κ2) is 4.11. The van der Waals surface area contributed by atoms with E-state index in [-0.39, 0.29) is 4.90 Å². The zero-order valence-electron chi connectivity index (χ0n) is 6.65. The van der Waals surface area contributed by atoms with E-state index in [4.69, 9.17) is 0 Å². The molecule has 0 aliphatic heterocycles. The Balaban J connectivity index is 4.28. The van der Waals surface area contributed by atoms with Crippen LogP contribution in [-0.2, 0) is 4.79 Å². The second-order valence-corrected chi connectivity index (χ2v) is 3.33. The first-order chi connectivity index (χ1) is 5.27. The molecule has 1 amide bonds. The normalized spacial score (nSPS) is 14.2. The molecular formula is C6H9BrF3NO. The van der Waals surface area contributed by atoms with Crippen molar-refractivity contribution >= 4 is 21.8 Å². The summed E-state index contributed by atoms with van der Waals surface area (Å²) in [5.74, 6) is -0.798. The molecule has 2 nitrogen and oxygen atoms in total. The fourth-order valence-corrected chi connectivity index (χ4v) is 0.942. The number of rotatable bonds is 3. The summed E-state index contributed by atoms with van der Waals surface area (Å²) in [6.07, 6.45) is -1.04.